The third-order valence-corrected chi connectivity index (χ3v) is 6.32. The van der Waals surface area contributed by atoms with Crippen molar-refractivity contribution in [3.8, 4) is 0 Å². The summed E-state index contributed by atoms with van der Waals surface area (Å²) in [6.45, 7) is 16.8. The molecule has 1 fully saturated rings. The van der Waals surface area contributed by atoms with Crippen LogP contribution in [0.3, 0.4) is 0 Å². The second kappa shape index (κ2) is 5.89. The average molecular weight is 324 g/mol. The van der Waals surface area contributed by atoms with Crippen LogP contribution < -0.4 is 0 Å². The van der Waals surface area contributed by atoms with Crippen LogP contribution >= 0.6 is 0 Å². The van der Waals surface area contributed by atoms with Crippen LogP contribution in [0.4, 0.5) is 0 Å². The maximum atomic E-state index is 12.0. The van der Waals surface area contributed by atoms with Crippen molar-refractivity contribution in [2.45, 2.75) is 86.0 Å². The van der Waals surface area contributed by atoms with Crippen LogP contribution in [-0.2, 0) is 19.0 Å². The van der Waals surface area contributed by atoms with Gasteiger partial charge in [0, 0.05) is 17.8 Å². The van der Waals surface area contributed by atoms with Gasteiger partial charge >= 0.3 is 0 Å². The maximum Gasteiger partial charge on any atom is 0.194 e. The molecule has 2 aliphatic rings. The number of carbonyl (C=O) groups is 1. The Bertz CT molecular complexity index is 517. The number of ether oxygens (including phenoxy) is 3. The van der Waals surface area contributed by atoms with Crippen LogP contribution in [-0.4, -0.2) is 30.4 Å². The first-order valence-corrected chi connectivity index (χ1v) is 8.70. The van der Waals surface area contributed by atoms with Crippen molar-refractivity contribution < 1.29 is 19.0 Å². The Morgan fingerprint density at radius 2 is 1.83 bits per heavy atom. The number of Topliss-reactive ketones (excluding diaryl/α,β-unsaturated/α-hetero) is 1. The van der Waals surface area contributed by atoms with Gasteiger partial charge in [-0.05, 0) is 25.3 Å². The molecule has 3 atom stereocenters. The van der Waals surface area contributed by atoms with E-state index < -0.39 is 5.60 Å². The lowest BCUT2D eigenvalue weighted by molar-refractivity contribution is -0.323. The van der Waals surface area contributed by atoms with Gasteiger partial charge in [-0.3, -0.25) is 4.79 Å². The fourth-order valence-electron chi connectivity index (χ4n) is 4.54. The molecule has 0 aromatic rings. The second-order valence-corrected chi connectivity index (χ2v) is 8.02. The number of ketones is 1. The van der Waals surface area contributed by atoms with Crippen LogP contribution in [0.1, 0.15) is 68.2 Å². The highest BCUT2D eigenvalue weighted by Crippen LogP contribution is 2.56. The van der Waals surface area contributed by atoms with E-state index in [-0.39, 0.29) is 35.6 Å². The molecule has 0 spiro atoms. The normalized spacial score (nSPS) is 36.0. The largest absolute Gasteiger partial charge is 0.483 e. The summed E-state index contributed by atoms with van der Waals surface area (Å²) >= 11 is 0. The Labute approximate surface area is 140 Å². The topological polar surface area (TPSA) is 44.8 Å². The Balaban J connectivity index is 2.52. The molecule has 132 valence electrons. The van der Waals surface area contributed by atoms with Crippen molar-refractivity contribution in [2.24, 2.45) is 10.8 Å². The first kappa shape index (κ1) is 18.5. The van der Waals surface area contributed by atoms with E-state index in [1.807, 2.05) is 6.92 Å². The molecule has 0 aliphatic carbocycles. The summed E-state index contributed by atoms with van der Waals surface area (Å²) in [7, 11) is 0. The molecule has 2 aliphatic heterocycles. The van der Waals surface area contributed by atoms with Gasteiger partial charge in [-0.2, -0.15) is 0 Å². The van der Waals surface area contributed by atoms with Gasteiger partial charge in [0.05, 0.1) is 6.10 Å². The summed E-state index contributed by atoms with van der Waals surface area (Å²) in [5.74, 6) is 0.494. The molecule has 0 N–H and O–H groups in total. The molecule has 4 nitrogen and oxygen atoms in total. The van der Waals surface area contributed by atoms with Gasteiger partial charge in [-0.25, -0.2) is 0 Å². The van der Waals surface area contributed by atoms with E-state index in [0.717, 1.165) is 18.4 Å². The van der Waals surface area contributed by atoms with E-state index >= 15 is 0 Å². The maximum absolute atomic E-state index is 12.0. The Hall–Kier alpha value is -0.870. The molecule has 3 unspecified atom stereocenters. The van der Waals surface area contributed by atoms with E-state index in [0.29, 0.717) is 5.76 Å². The fraction of sp³-hybridized carbons (Fsp3) is 0.842. The molecular weight excluding hydrogens is 292 g/mol. The van der Waals surface area contributed by atoms with Crippen LogP contribution in [0.2, 0.25) is 0 Å². The second-order valence-electron chi connectivity index (χ2n) is 8.02. The zero-order valence-electron chi connectivity index (χ0n) is 15.9. The van der Waals surface area contributed by atoms with Gasteiger partial charge in [0.2, 0.25) is 0 Å². The van der Waals surface area contributed by atoms with Crippen LogP contribution in [0.15, 0.2) is 11.3 Å². The zero-order valence-corrected chi connectivity index (χ0v) is 15.9. The fourth-order valence-corrected chi connectivity index (χ4v) is 4.54. The molecule has 0 saturated carbocycles. The molecule has 0 radical (unpaired) electrons. The Morgan fingerprint density at radius 1 is 1.22 bits per heavy atom. The lowest BCUT2D eigenvalue weighted by Gasteiger charge is -2.57. The van der Waals surface area contributed by atoms with Crippen molar-refractivity contribution >= 4 is 5.78 Å². The van der Waals surface area contributed by atoms with E-state index in [1.165, 1.54) is 0 Å². The minimum absolute atomic E-state index is 0.0127. The highest BCUT2D eigenvalue weighted by molar-refractivity contribution is 5.92. The minimum Gasteiger partial charge on any atom is -0.483 e. The van der Waals surface area contributed by atoms with Crippen LogP contribution in [0, 0.1) is 10.8 Å². The number of hydrogen-bond donors (Lipinski definition) is 0. The lowest BCUT2D eigenvalue weighted by atomic mass is 9.60. The molecule has 1 saturated heterocycles. The summed E-state index contributed by atoms with van der Waals surface area (Å²) in [4.78, 5) is 12.0. The van der Waals surface area contributed by atoms with Gasteiger partial charge in [-0.15, -0.1) is 0 Å². The third-order valence-electron chi connectivity index (χ3n) is 6.32. The predicted octanol–water partition coefficient (Wildman–Crippen LogP) is 4.23. The Kier molecular flexibility index (Phi) is 4.73. The number of carbonyl (C=O) groups excluding carboxylic acids is 1. The summed E-state index contributed by atoms with van der Waals surface area (Å²) < 4.78 is 18.4. The summed E-state index contributed by atoms with van der Waals surface area (Å²) in [6, 6.07) is 0. The molecule has 0 amide bonds. The van der Waals surface area contributed by atoms with E-state index in [2.05, 4.69) is 41.5 Å². The quantitative estimate of drug-likeness (QED) is 0.776. The van der Waals surface area contributed by atoms with E-state index in [9.17, 15) is 4.79 Å². The van der Waals surface area contributed by atoms with Gasteiger partial charge in [0.15, 0.2) is 11.5 Å². The predicted molar refractivity (Wildman–Crippen MR) is 90.0 cm³/mol. The number of rotatable bonds is 4. The molecule has 2 heterocycles. The van der Waals surface area contributed by atoms with Crippen molar-refractivity contribution in [1.82, 2.24) is 0 Å². The summed E-state index contributed by atoms with van der Waals surface area (Å²) in [5, 5.41) is 0. The zero-order chi connectivity index (χ0) is 17.6. The standard InChI is InChI=1S/C19H32O4/c1-9-14-18(7,8)19(10-2,22-11-21-14)16-17(5,6)12(3)15(23-16)13(4)20/h14,16H,9-11H2,1-8H3. The van der Waals surface area contributed by atoms with Crippen molar-refractivity contribution in [1.29, 1.82) is 0 Å². The minimum atomic E-state index is -0.492. The lowest BCUT2D eigenvalue weighted by Crippen LogP contribution is -2.66. The monoisotopic (exact) mass is 324 g/mol. The van der Waals surface area contributed by atoms with Crippen molar-refractivity contribution in [3.63, 3.8) is 0 Å². The van der Waals surface area contributed by atoms with Gasteiger partial charge < -0.3 is 14.2 Å². The van der Waals surface area contributed by atoms with Crippen molar-refractivity contribution in [2.75, 3.05) is 6.79 Å². The highest BCUT2D eigenvalue weighted by atomic mass is 16.7. The molecular formula is C19H32O4. The molecule has 23 heavy (non-hydrogen) atoms. The van der Waals surface area contributed by atoms with Gasteiger partial charge in [0.25, 0.3) is 0 Å². The number of allylic oxidation sites excluding steroid dienone is 1. The summed E-state index contributed by atoms with van der Waals surface area (Å²) in [6.07, 6.45) is 1.65. The van der Waals surface area contributed by atoms with Crippen LogP contribution in [0.5, 0.6) is 0 Å². The highest BCUT2D eigenvalue weighted by Gasteiger charge is 2.63. The van der Waals surface area contributed by atoms with Crippen molar-refractivity contribution in [3.05, 3.63) is 11.3 Å². The number of hydrogen-bond acceptors (Lipinski definition) is 4. The molecule has 0 aromatic carbocycles. The molecule has 2 rings (SSSR count). The van der Waals surface area contributed by atoms with Crippen LogP contribution in [0.25, 0.3) is 0 Å². The third kappa shape index (κ3) is 2.45. The summed E-state index contributed by atoms with van der Waals surface area (Å²) in [5.41, 5.74) is 0.0443. The first-order chi connectivity index (χ1) is 10.6. The molecule has 4 heteroatoms. The SMILES string of the molecule is CCC1OCOC(CC)(C2OC(C(C)=O)=C(C)C2(C)C)C1(C)C. The van der Waals surface area contributed by atoms with E-state index in [4.69, 9.17) is 14.2 Å². The smallest absolute Gasteiger partial charge is 0.194 e. The van der Waals surface area contributed by atoms with E-state index in [1.54, 1.807) is 6.92 Å². The van der Waals surface area contributed by atoms with Gasteiger partial charge in [0.1, 0.15) is 18.5 Å². The average Bonchev–Trinajstić information content (AvgIpc) is 2.70. The molecule has 0 aromatic heterocycles. The van der Waals surface area contributed by atoms with Gasteiger partial charge in [-0.1, -0.05) is 41.5 Å². The first-order valence-electron chi connectivity index (χ1n) is 8.70. The Morgan fingerprint density at radius 3 is 2.26 bits per heavy atom. The molecule has 0 bridgehead atoms.